The molecule has 1 amide bonds. The van der Waals surface area contributed by atoms with Crippen molar-refractivity contribution in [1.29, 1.82) is 0 Å². The zero-order chi connectivity index (χ0) is 19.5. The van der Waals surface area contributed by atoms with Crippen LogP contribution in [0.5, 0.6) is 0 Å². The molecule has 8 nitrogen and oxygen atoms in total. The second kappa shape index (κ2) is 8.24. The molecule has 0 aliphatic carbocycles. The molecule has 1 unspecified atom stereocenters. The van der Waals surface area contributed by atoms with E-state index < -0.39 is 15.8 Å². The Hall–Kier alpha value is -1.52. The number of nitrogens with two attached hydrogens (primary N) is 1. The van der Waals surface area contributed by atoms with Crippen molar-refractivity contribution < 1.29 is 18.3 Å². The number of carbonyl (C=O) groups is 1. The molecule has 150 valence electrons. The van der Waals surface area contributed by atoms with E-state index in [2.05, 4.69) is 0 Å². The first kappa shape index (κ1) is 20.2. The van der Waals surface area contributed by atoms with E-state index in [9.17, 15) is 18.3 Å². The number of amides is 1. The summed E-state index contributed by atoms with van der Waals surface area (Å²) in [6, 6.07) is 9.98. The van der Waals surface area contributed by atoms with Crippen LogP contribution in [-0.2, 0) is 21.4 Å². The minimum atomic E-state index is -3.68. The van der Waals surface area contributed by atoms with E-state index >= 15 is 0 Å². The van der Waals surface area contributed by atoms with Crippen LogP contribution in [0, 0.1) is 0 Å². The Labute approximate surface area is 160 Å². The lowest BCUT2D eigenvalue weighted by Gasteiger charge is -2.42. The van der Waals surface area contributed by atoms with Crippen molar-refractivity contribution in [1.82, 2.24) is 14.1 Å². The van der Waals surface area contributed by atoms with Gasteiger partial charge in [-0.3, -0.25) is 9.69 Å². The summed E-state index contributed by atoms with van der Waals surface area (Å²) in [5.41, 5.74) is -0.239. The van der Waals surface area contributed by atoms with E-state index in [1.807, 2.05) is 35.2 Å². The number of nitrogens with zero attached hydrogens (tertiary/aromatic N) is 3. The summed E-state index contributed by atoms with van der Waals surface area (Å²) in [5.74, 6) is -0.224. The Morgan fingerprint density at radius 3 is 2.37 bits per heavy atom. The largest absolute Gasteiger partial charge is 0.379 e. The van der Waals surface area contributed by atoms with Gasteiger partial charge in [-0.2, -0.15) is 12.7 Å². The van der Waals surface area contributed by atoms with Crippen molar-refractivity contribution >= 4 is 16.1 Å². The molecule has 2 fully saturated rings. The Morgan fingerprint density at radius 1 is 1.07 bits per heavy atom. The minimum absolute atomic E-state index is 0.224. The van der Waals surface area contributed by atoms with Crippen LogP contribution in [0.3, 0.4) is 0 Å². The Kier molecular flexibility index (Phi) is 6.17. The highest BCUT2D eigenvalue weighted by Gasteiger charge is 2.43. The van der Waals surface area contributed by atoms with Gasteiger partial charge in [0.2, 0.25) is 0 Å². The van der Waals surface area contributed by atoms with Crippen LogP contribution in [0.1, 0.15) is 18.4 Å². The van der Waals surface area contributed by atoms with Crippen LogP contribution in [0.15, 0.2) is 30.3 Å². The Bertz CT molecular complexity index is 750. The number of carbonyl (C=O) groups excluding carboxylic acids is 1. The molecule has 0 bridgehead atoms. The predicted octanol–water partition coefficient (Wildman–Crippen LogP) is -0.596. The molecular weight excluding hydrogens is 368 g/mol. The number of rotatable bonds is 6. The van der Waals surface area contributed by atoms with E-state index in [0.717, 1.165) is 12.8 Å². The summed E-state index contributed by atoms with van der Waals surface area (Å²) >= 11 is 0. The molecule has 2 aliphatic rings. The molecule has 2 aliphatic heterocycles. The van der Waals surface area contributed by atoms with Crippen LogP contribution in [0.4, 0.5) is 0 Å². The predicted molar refractivity (Wildman–Crippen MR) is 102 cm³/mol. The van der Waals surface area contributed by atoms with Crippen LogP contribution in [-0.4, -0.2) is 85.0 Å². The lowest BCUT2D eigenvalue weighted by atomic mass is 9.90. The lowest BCUT2D eigenvalue weighted by Crippen LogP contribution is -2.61. The molecule has 1 aromatic rings. The summed E-state index contributed by atoms with van der Waals surface area (Å²) in [5, 5.41) is 16.2. The number of hydrogen-bond donors (Lipinski definition) is 2. The van der Waals surface area contributed by atoms with Crippen molar-refractivity contribution in [3.63, 3.8) is 0 Å². The summed E-state index contributed by atoms with van der Waals surface area (Å²) < 4.78 is 24.0. The van der Waals surface area contributed by atoms with Gasteiger partial charge in [0, 0.05) is 45.8 Å². The smallest absolute Gasteiger partial charge is 0.276 e. The van der Waals surface area contributed by atoms with Gasteiger partial charge in [0.1, 0.15) is 0 Å². The van der Waals surface area contributed by atoms with Gasteiger partial charge in [0.25, 0.3) is 16.1 Å². The topological polar surface area (TPSA) is 107 Å². The van der Waals surface area contributed by atoms with E-state index in [-0.39, 0.29) is 25.5 Å². The second-order valence-electron chi connectivity index (χ2n) is 7.38. The maximum atomic E-state index is 12.9. The Balaban J connectivity index is 1.56. The molecule has 1 atom stereocenters. The molecule has 0 aromatic heterocycles. The number of piperidine rings is 1. The van der Waals surface area contributed by atoms with Gasteiger partial charge in [-0.1, -0.05) is 30.3 Å². The molecule has 2 heterocycles. The van der Waals surface area contributed by atoms with Gasteiger partial charge < -0.3 is 10.0 Å². The Morgan fingerprint density at radius 2 is 1.74 bits per heavy atom. The molecule has 0 spiro atoms. The van der Waals surface area contributed by atoms with E-state index in [0.29, 0.717) is 32.6 Å². The maximum Gasteiger partial charge on any atom is 0.276 e. The highest BCUT2D eigenvalue weighted by Crippen LogP contribution is 2.25. The minimum Gasteiger partial charge on any atom is -0.379 e. The first-order valence-corrected chi connectivity index (χ1v) is 10.8. The summed E-state index contributed by atoms with van der Waals surface area (Å²) in [6.45, 7) is 2.94. The molecule has 3 N–H and O–H groups in total. The summed E-state index contributed by atoms with van der Waals surface area (Å²) in [4.78, 5) is 16.6. The molecule has 0 saturated carbocycles. The highest BCUT2D eigenvalue weighted by atomic mass is 32.2. The van der Waals surface area contributed by atoms with Gasteiger partial charge in [0.15, 0.2) is 5.60 Å². The van der Waals surface area contributed by atoms with Crippen molar-refractivity contribution in [2.45, 2.75) is 24.9 Å². The summed E-state index contributed by atoms with van der Waals surface area (Å²) in [6.07, 6.45) is 1.95. The van der Waals surface area contributed by atoms with Crippen molar-refractivity contribution in [2.75, 3.05) is 45.8 Å². The maximum absolute atomic E-state index is 12.9. The van der Waals surface area contributed by atoms with Gasteiger partial charge >= 0.3 is 0 Å². The zero-order valence-corrected chi connectivity index (χ0v) is 16.3. The fraction of sp³-hybridized carbons (Fsp3) is 0.611. The molecular formula is C18H28N4O4S. The molecule has 9 heteroatoms. The third kappa shape index (κ3) is 5.05. The first-order valence-electron chi connectivity index (χ1n) is 9.34. The fourth-order valence-corrected chi connectivity index (χ4v) is 4.52. The molecule has 0 radical (unpaired) electrons. The van der Waals surface area contributed by atoms with Gasteiger partial charge in [0.05, 0.1) is 0 Å². The standard InChI is InChI=1S/C18H28N4O4S/c19-27(25,26)22-13-11-20(12-14-22)15-18(24)8-4-9-21(17(18)23)10-7-16-5-2-1-3-6-16/h1-3,5-6,24H,4,7-15H2,(H2,19,25,26). The second-order valence-corrected chi connectivity index (χ2v) is 8.93. The average Bonchev–Trinajstić information content (AvgIpc) is 2.64. The number of β-amino-alcohol motifs (C(OH)–C–C–N with tert-alkyl or cyclic N) is 1. The van der Waals surface area contributed by atoms with Crippen molar-refractivity contribution in [2.24, 2.45) is 5.14 Å². The van der Waals surface area contributed by atoms with Crippen LogP contribution in [0.25, 0.3) is 0 Å². The quantitative estimate of drug-likeness (QED) is 0.668. The third-order valence-electron chi connectivity index (χ3n) is 5.39. The summed E-state index contributed by atoms with van der Waals surface area (Å²) in [7, 11) is -3.68. The monoisotopic (exact) mass is 396 g/mol. The van der Waals surface area contributed by atoms with Gasteiger partial charge in [-0.05, 0) is 24.8 Å². The number of aliphatic hydroxyl groups is 1. The van der Waals surface area contributed by atoms with Crippen molar-refractivity contribution in [3.8, 4) is 0 Å². The molecule has 3 rings (SSSR count). The number of benzene rings is 1. The molecule has 2 saturated heterocycles. The molecule has 1 aromatic carbocycles. The fourth-order valence-electron chi connectivity index (χ4n) is 3.85. The third-order valence-corrected chi connectivity index (χ3v) is 6.48. The van der Waals surface area contributed by atoms with E-state index in [4.69, 9.17) is 5.14 Å². The van der Waals surface area contributed by atoms with Gasteiger partial charge in [-0.25, -0.2) is 5.14 Å². The van der Waals surface area contributed by atoms with Gasteiger partial charge in [-0.15, -0.1) is 0 Å². The lowest BCUT2D eigenvalue weighted by molar-refractivity contribution is -0.159. The van der Waals surface area contributed by atoms with Crippen LogP contribution >= 0.6 is 0 Å². The molecule has 27 heavy (non-hydrogen) atoms. The van der Waals surface area contributed by atoms with Crippen molar-refractivity contribution in [3.05, 3.63) is 35.9 Å². The first-order chi connectivity index (χ1) is 12.8. The average molecular weight is 397 g/mol. The number of likely N-dealkylation sites (tertiary alicyclic amines) is 1. The zero-order valence-electron chi connectivity index (χ0n) is 15.5. The number of piperazine rings is 1. The number of hydrogen-bond acceptors (Lipinski definition) is 5. The highest BCUT2D eigenvalue weighted by molar-refractivity contribution is 7.86. The van der Waals surface area contributed by atoms with Crippen LogP contribution < -0.4 is 5.14 Å². The van der Waals surface area contributed by atoms with Crippen LogP contribution in [0.2, 0.25) is 0 Å². The SMILES string of the molecule is NS(=O)(=O)N1CCN(CC2(O)CCCN(CCc3ccccc3)C2=O)CC1. The normalized spacial score (nSPS) is 25.7. The van der Waals surface area contributed by atoms with E-state index in [1.54, 1.807) is 4.90 Å². The van der Waals surface area contributed by atoms with E-state index in [1.165, 1.54) is 9.87 Å².